The van der Waals surface area contributed by atoms with Gasteiger partial charge in [0.15, 0.2) is 0 Å². The van der Waals surface area contributed by atoms with Crippen LogP contribution in [0.25, 0.3) is 0 Å². The predicted octanol–water partition coefficient (Wildman–Crippen LogP) is -0.559. The second-order valence-electron chi connectivity index (χ2n) is 4.49. The largest absolute Gasteiger partial charge is 0.481 e. The second-order valence-corrected chi connectivity index (χ2v) is 4.49. The number of rotatable bonds is 5. The highest BCUT2D eigenvalue weighted by Crippen LogP contribution is 2.27. The van der Waals surface area contributed by atoms with E-state index in [1.54, 1.807) is 4.90 Å². The van der Waals surface area contributed by atoms with Crippen LogP contribution in [0, 0.1) is 0 Å². The monoisotopic (exact) mass is 242 g/mol. The molecule has 0 bridgehead atoms. The lowest BCUT2D eigenvalue weighted by Gasteiger charge is -2.29. The first kappa shape index (κ1) is 12.3. The van der Waals surface area contributed by atoms with Gasteiger partial charge < -0.3 is 20.1 Å². The van der Waals surface area contributed by atoms with Crippen molar-refractivity contribution in [3.8, 4) is 0 Å². The fourth-order valence-corrected chi connectivity index (χ4v) is 2.00. The van der Waals surface area contributed by atoms with Gasteiger partial charge in [-0.15, -0.1) is 0 Å². The fraction of sp³-hybridized carbons (Fsp3) is 0.818. The Hall–Kier alpha value is -1.14. The Labute approximate surface area is 99.9 Å². The molecule has 1 atom stereocenters. The number of morpholine rings is 1. The van der Waals surface area contributed by atoms with E-state index in [0.29, 0.717) is 26.3 Å². The fourth-order valence-electron chi connectivity index (χ4n) is 2.00. The molecule has 1 heterocycles. The number of aliphatic carboxylic acids is 1. The number of carboxylic acid groups (broad SMARTS) is 1. The number of hydrogen-bond donors (Lipinski definition) is 2. The Bertz CT molecular complexity index is 298. The molecule has 0 aromatic heterocycles. The standard InChI is InChI=1S/C11H18N2O4/c14-10(15)3-5-13(8-1-2-8)11(16)9-7-17-6-4-12-9/h8-9,12H,1-7H2,(H,14,15). The molecule has 1 saturated carbocycles. The van der Waals surface area contributed by atoms with Crippen LogP contribution in [0.4, 0.5) is 0 Å². The van der Waals surface area contributed by atoms with Crippen molar-refractivity contribution in [2.45, 2.75) is 31.3 Å². The van der Waals surface area contributed by atoms with Crippen molar-refractivity contribution >= 4 is 11.9 Å². The van der Waals surface area contributed by atoms with Crippen LogP contribution in [0.3, 0.4) is 0 Å². The Kier molecular flexibility index (Phi) is 3.96. The lowest BCUT2D eigenvalue weighted by molar-refractivity contribution is -0.140. The van der Waals surface area contributed by atoms with Crippen molar-refractivity contribution in [3.05, 3.63) is 0 Å². The minimum absolute atomic E-state index is 0.00974. The maximum Gasteiger partial charge on any atom is 0.305 e. The molecular formula is C11H18N2O4. The summed E-state index contributed by atoms with van der Waals surface area (Å²) in [5.74, 6) is -0.884. The molecule has 2 fully saturated rings. The molecule has 0 aromatic carbocycles. The molecule has 6 heteroatoms. The average molecular weight is 242 g/mol. The van der Waals surface area contributed by atoms with Crippen LogP contribution in [0.15, 0.2) is 0 Å². The van der Waals surface area contributed by atoms with E-state index in [1.165, 1.54) is 0 Å². The third kappa shape index (κ3) is 3.41. The highest BCUT2D eigenvalue weighted by atomic mass is 16.5. The van der Waals surface area contributed by atoms with E-state index in [1.807, 2.05) is 0 Å². The molecule has 1 saturated heterocycles. The van der Waals surface area contributed by atoms with Crippen LogP contribution < -0.4 is 5.32 Å². The number of carboxylic acids is 1. The van der Waals surface area contributed by atoms with Gasteiger partial charge in [0.1, 0.15) is 6.04 Å². The molecule has 96 valence electrons. The molecule has 2 rings (SSSR count). The van der Waals surface area contributed by atoms with Crippen molar-refractivity contribution in [1.29, 1.82) is 0 Å². The zero-order valence-electron chi connectivity index (χ0n) is 9.72. The Balaban J connectivity index is 1.89. The number of amides is 1. The lowest BCUT2D eigenvalue weighted by atomic mass is 10.2. The maximum atomic E-state index is 12.2. The summed E-state index contributed by atoms with van der Waals surface area (Å²) in [6, 6.07) is -0.0660. The smallest absolute Gasteiger partial charge is 0.305 e. The highest BCUT2D eigenvalue weighted by Gasteiger charge is 2.36. The maximum absolute atomic E-state index is 12.2. The Morgan fingerprint density at radius 3 is 2.71 bits per heavy atom. The van der Waals surface area contributed by atoms with Gasteiger partial charge in [-0.2, -0.15) is 0 Å². The molecule has 2 N–H and O–H groups in total. The average Bonchev–Trinajstić information content (AvgIpc) is 3.14. The summed E-state index contributed by atoms with van der Waals surface area (Å²) in [6.45, 7) is 1.99. The molecule has 0 aromatic rings. The summed E-state index contributed by atoms with van der Waals surface area (Å²) in [5.41, 5.74) is 0. The molecule has 1 aliphatic carbocycles. The molecule has 6 nitrogen and oxygen atoms in total. The van der Waals surface area contributed by atoms with Gasteiger partial charge in [0.25, 0.3) is 0 Å². The first-order chi connectivity index (χ1) is 8.18. The number of ether oxygens (including phenoxy) is 1. The van der Waals surface area contributed by atoms with E-state index in [0.717, 1.165) is 12.8 Å². The summed E-state index contributed by atoms with van der Waals surface area (Å²) in [6.07, 6.45) is 1.98. The Morgan fingerprint density at radius 1 is 1.41 bits per heavy atom. The lowest BCUT2D eigenvalue weighted by Crippen LogP contribution is -2.53. The molecule has 2 aliphatic rings. The van der Waals surface area contributed by atoms with Crippen LogP contribution in [-0.4, -0.2) is 60.3 Å². The molecular weight excluding hydrogens is 224 g/mol. The topological polar surface area (TPSA) is 78.9 Å². The third-order valence-electron chi connectivity index (χ3n) is 3.06. The molecule has 1 unspecified atom stereocenters. The molecule has 1 aliphatic heterocycles. The summed E-state index contributed by atoms with van der Waals surface area (Å²) < 4.78 is 5.25. The van der Waals surface area contributed by atoms with E-state index in [-0.39, 0.29) is 24.4 Å². The van der Waals surface area contributed by atoms with E-state index < -0.39 is 5.97 Å². The first-order valence-electron chi connectivity index (χ1n) is 6.02. The van der Waals surface area contributed by atoms with Crippen molar-refractivity contribution in [2.75, 3.05) is 26.3 Å². The van der Waals surface area contributed by atoms with E-state index in [4.69, 9.17) is 9.84 Å². The van der Waals surface area contributed by atoms with Gasteiger partial charge in [-0.1, -0.05) is 0 Å². The zero-order chi connectivity index (χ0) is 12.3. The van der Waals surface area contributed by atoms with E-state index in [9.17, 15) is 9.59 Å². The number of nitrogens with zero attached hydrogens (tertiary/aromatic N) is 1. The van der Waals surface area contributed by atoms with Crippen LogP contribution in [-0.2, 0) is 14.3 Å². The van der Waals surface area contributed by atoms with Gasteiger partial charge in [-0.3, -0.25) is 9.59 Å². The van der Waals surface area contributed by atoms with Gasteiger partial charge >= 0.3 is 5.97 Å². The number of carbonyl (C=O) groups is 2. The molecule has 17 heavy (non-hydrogen) atoms. The van der Waals surface area contributed by atoms with Crippen LogP contribution in [0.2, 0.25) is 0 Å². The van der Waals surface area contributed by atoms with Gasteiger partial charge in [0, 0.05) is 19.1 Å². The first-order valence-corrected chi connectivity index (χ1v) is 6.02. The van der Waals surface area contributed by atoms with E-state index in [2.05, 4.69) is 5.32 Å². The zero-order valence-corrected chi connectivity index (χ0v) is 9.72. The van der Waals surface area contributed by atoms with Crippen LogP contribution in [0.1, 0.15) is 19.3 Å². The number of carbonyl (C=O) groups excluding carboxylic acids is 1. The second kappa shape index (κ2) is 5.46. The minimum Gasteiger partial charge on any atom is -0.481 e. The van der Waals surface area contributed by atoms with Crippen molar-refractivity contribution in [3.63, 3.8) is 0 Å². The molecule has 0 spiro atoms. The van der Waals surface area contributed by atoms with Gasteiger partial charge in [-0.25, -0.2) is 0 Å². The van der Waals surface area contributed by atoms with Crippen molar-refractivity contribution < 1.29 is 19.4 Å². The van der Waals surface area contributed by atoms with Gasteiger partial charge in [0.2, 0.25) is 5.91 Å². The number of nitrogens with one attached hydrogen (secondary N) is 1. The molecule has 1 amide bonds. The number of hydrogen-bond acceptors (Lipinski definition) is 4. The van der Waals surface area contributed by atoms with Crippen LogP contribution in [0.5, 0.6) is 0 Å². The predicted molar refractivity (Wildman–Crippen MR) is 59.6 cm³/mol. The SMILES string of the molecule is O=C(O)CCN(C(=O)C1COCCN1)C1CC1. The molecule has 0 radical (unpaired) electrons. The third-order valence-corrected chi connectivity index (χ3v) is 3.06. The summed E-state index contributed by atoms with van der Waals surface area (Å²) in [7, 11) is 0. The summed E-state index contributed by atoms with van der Waals surface area (Å²) in [5, 5.41) is 11.8. The van der Waals surface area contributed by atoms with Gasteiger partial charge in [-0.05, 0) is 12.8 Å². The van der Waals surface area contributed by atoms with Crippen molar-refractivity contribution in [2.24, 2.45) is 0 Å². The summed E-state index contributed by atoms with van der Waals surface area (Å²) in [4.78, 5) is 24.4. The normalized spacial score (nSPS) is 24.4. The van der Waals surface area contributed by atoms with Crippen molar-refractivity contribution in [1.82, 2.24) is 10.2 Å². The summed E-state index contributed by atoms with van der Waals surface area (Å²) >= 11 is 0. The highest BCUT2D eigenvalue weighted by molar-refractivity contribution is 5.83. The minimum atomic E-state index is -0.865. The van der Waals surface area contributed by atoms with Gasteiger partial charge in [0.05, 0.1) is 19.6 Å². The van der Waals surface area contributed by atoms with E-state index >= 15 is 0 Å². The Morgan fingerprint density at radius 2 is 2.18 bits per heavy atom. The quantitative estimate of drug-likeness (QED) is 0.675. The van der Waals surface area contributed by atoms with Crippen LogP contribution >= 0.6 is 0 Å².